The highest BCUT2D eigenvalue weighted by molar-refractivity contribution is 8.00. The quantitative estimate of drug-likeness (QED) is 0.629. The van der Waals surface area contributed by atoms with Crippen molar-refractivity contribution < 1.29 is 4.79 Å². The lowest BCUT2D eigenvalue weighted by atomic mass is 9.78. The Morgan fingerprint density at radius 1 is 1.25 bits per heavy atom. The highest BCUT2D eigenvalue weighted by Crippen LogP contribution is 2.39. The van der Waals surface area contributed by atoms with Crippen LogP contribution in [0.1, 0.15) is 52.4 Å². The van der Waals surface area contributed by atoms with Crippen molar-refractivity contribution in [3.8, 4) is 0 Å². The summed E-state index contributed by atoms with van der Waals surface area (Å²) in [6.45, 7) is 5.19. The third-order valence-corrected chi connectivity index (χ3v) is 6.71. The van der Waals surface area contributed by atoms with E-state index in [0.29, 0.717) is 10.2 Å². The van der Waals surface area contributed by atoms with Gasteiger partial charge in [0.15, 0.2) is 0 Å². The normalized spacial score (nSPS) is 30.6. The number of carbonyl (C=O) groups excluding carboxylic acids is 1. The second kappa shape index (κ2) is 6.65. The van der Waals surface area contributed by atoms with E-state index in [1.807, 2.05) is 16.7 Å². The van der Waals surface area contributed by atoms with Crippen molar-refractivity contribution in [2.75, 3.05) is 12.3 Å². The summed E-state index contributed by atoms with van der Waals surface area (Å²) in [5.74, 6) is 1.22. The zero-order valence-corrected chi connectivity index (χ0v) is 14.2. The van der Waals surface area contributed by atoms with E-state index in [2.05, 4.69) is 13.8 Å². The number of thioether (sulfide) groups is 1. The fourth-order valence-corrected chi connectivity index (χ4v) is 4.78. The molecule has 5 heteroatoms. The third-order valence-electron chi connectivity index (χ3n) is 4.98. The molecule has 0 spiro atoms. The minimum atomic E-state index is -0.568. The number of hydrogen-bond acceptors (Lipinski definition) is 3. The largest absolute Gasteiger partial charge is 0.392 e. The van der Waals surface area contributed by atoms with Crippen molar-refractivity contribution >= 4 is 34.9 Å². The van der Waals surface area contributed by atoms with Gasteiger partial charge < -0.3 is 10.6 Å². The van der Waals surface area contributed by atoms with E-state index in [9.17, 15) is 4.79 Å². The summed E-state index contributed by atoms with van der Waals surface area (Å²) in [6.07, 6.45) is 6.20. The molecule has 2 fully saturated rings. The Morgan fingerprint density at radius 3 is 2.40 bits per heavy atom. The molecule has 1 aliphatic heterocycles. The number of nitrogens with two attached hydrogens (primary N) is 1. The zero-order valence-electron chi connectivity index (χ0n) is 12.6. The highest BCUT2D eigenvalue weighted by atomic mass is 32.2. The number of hydrogen-bond donors (Lipinski definition) is 1. The summed E-state index contributed by atoms with van der Waals surface area (Å²) >= 11 is 7.27. The number of amides is 1. The first-order valence-electron chi connectivity index (χ1n) is 7.71. The molecule has 0 aromatic rings. The van der Waals surface area contributed by atoms with Crippen LogP contribution < -0.4 is 5.73 Å². The van der Waals surface area contributed by atoms with Crippen molar-refractivity contribution in [3.05, 3.63) is 0 Å². The first kappa shape index (κ1) is 16.1. The summed E-state index contributed by atoms with van der Waals surface area (Å²) in [5.41, 5.74) is 5.47. The number of nitrogens with zero attached hydrogens (tertiary/aromatic N) is 1. The van der Waals surface area contributed by atoms with Gasteiger partial charge in [0, 0.05) is 23.6 Å². The van der Waals surface area contributed by atoms with Gasteiger partial charge in [-0.05, 0) is 19.8 Å². The Hall–Kier alpha value is -0.290. The van der Waals surface area contributed by atoms with Crippen molar-refractivity contribution in [1.82, 2.24) is 4.90 Å². The van der Waals surface area contributed by atoms with Gasteiger partial charge in [0.05, 0.1) is 10.4 Å². The second-order valence-corrected chi connectivity index (χ2v) is 8.10. The van der Waals surface area contributed by atoms with Crippen LogP contribution in [-0.4, -0.2) is 39.4 Å². The molecule has 114 valence electrons. The minimum Gasteiger partial charge on any atom is -0.392 e. The lowest BCUT2D eigenvalue weighted by molar-refractivity contribution is -0.141. The van der Waals surface area contributed by atoms with E-state index >= 15 is 0 Å². The Labute approximate surface area is 132 Å². The van der Waals surface area contributed by atoms with Crippen LogP contribution in [0.2, 0.25) is 0 Å². The van der Waals surface area contributed by atoms with Gasteiger partial charge in [-0.3, -0.25) is 4.79 Å². The fourth-order valence-electron chi connectivity index (χ4n) is 3.39. The molecule has 0 aromatic carbocycles. The smallest absolute Gasteiger partial charge is 0.235 e. The predicted molar refractivity (Wildman–Crippen MR) is 90.0 cm³/mol. The average Bonchev–Trinajstić information content (AvgIpc) is 2.68. The summed E-state index contributed by atoms with van der Waals surface area (Å²) < 4.78 is 0. The molecule has 2 aliphatic rings. The van der Waals surface area contributed by atoms with Crippen LogP contribution in [0.4, 0.5) is 0 Å². The molecule has 2 atom stereocenters. The van der Waals surface area contributed by atoms with Crippen LogP contribution in [0.3, 0.4) is 0 Å². The topological polar surface area (TPSA) is 46.3 Å². The average molecular weight is 315 g/mol. The van der Waals surface area contributed by atoms with Gasteiger partial charge in [0.25, 0.3) is 0 Å². The van der Waals surface area contributed by atoms with Gasteiger partial charge in [0.1, 0.15) is 0 Å². The molecule has 2 N–H and O–H groups in total. The van der Waals surface area contributed by atoms with Crippen molar-refractivity contribution in [1.29, 1.82) is 0 Å². The van der Waals surface area contributed by atoms with E-state index in [0.717, 1.165) is 38.0 Å². The van der Waals surface area contributed by atoms with Gasteiger partial charge in [0.2, 0.25) is 5.91 Å². The van der Waals surface area contributed by atoms with Crippen LogP contribution in [0.5, 0.6) is 0 Å². The van der Waals surface area contributed by atoms with Gasteiger partial charge in [-0.15, -0.1) is 0 Å². The Balaban J connectivity index is 2.24. The van der Waals surface area contributed by atoms with Crippen LogP contribution >= 0.6 is 24.0 Å². The third kappa shape index (κ3) is 2.98. The lowest BCUT2D eigenvalue weighted by Crippen LogP contribution is -2.56. The second-order valence-electron chi connectivity index (χ2n) is 6.18. The molecule has 2 unspecified atom stereocenters. The molecular weight excluding hydrogens is 288 g/mol. The maximum Gasteiger partial charge on any atom is 0.235 e. The van der Waals surface area contributed by atoms with E-state index < -0.39 is 5.41 Å². The number of rotatable bonds is 2. The molecule has 0 bridgehead atoms. The molecule has 0 radical (unpaired) electrons. The van der Waals surface area contributed by atoms with Gasteiger partial charge in [-0.1, -0.05) is 44.8 Å². The Morgan fingerprint density at radius 2 is 1.85 bits per heavy atom. The maximum absolute atomic E-state index is 13.2. The maximum atomic E-state index is 13.2. The fraction of sp³-hybridized carbons (Fsp3) is 0.867. The molecule has 0 aromatic heterocycles. The molecular formula is C15H26N2OS2. The van der Waals surface area contributed by atoms with Crippen LogP contribution in [0, 0.1) is 5.41 Å². The monoisotopic (exact) mass is 314 g/mol. The van der Waals surface area contributed by atoms with Crippen molar-refractivity contribution in [2.45, 2.75) is 63.7 Å². The Kier molecular flexibility index (Phi) is 5.35. The number of thiocarbonyl (C=S) groups is 1. The van der Waals surface area contributed by atoms with Crippen LogP contribution in [-0.2, 0) is 4.79 Å². The van der Waals surface area contributed by atoms with Gasteiger partial charge in [-0.25, -0.2) is 0 Å². The molecule has 1 saturated heterocycles. The van der Waals surface area contributed by atoms with E-state index in [4.69, 9.17) is 18.0 Å². The SMILES string of the molecule is CC1SCCN(C(=O)C2(C(N)=S)CCCCCC2)C1C. The predicted octanol–water partition coefficient (Wildman–Crippen LogP) is 2.97. The lowest BCUT2D eigenvalue weighted by Gasteiger charge is -2.43. The van der Waals surface area contributed by atoms with Crippen molar-refractivity contribution in [3.63, 3.8) is 0 Å². The van der Waals surface area contributed by atoms with Crippen molar-refractivity contribution in [2.24, 2.45) is 11.1 Å². The molecule has 3 nitrogen and oxygen atoms in total. The molecule has 1 saturated carbocycles. The standard InChI is InChI=1S/C15H26N2OS2/c1-11-12(2)20-10-9-17(11)14(18)15(13(16)19)7-5-3-4-6-8-15/h11-12H,3-10H2,1-2H3,(H2,16,19). The molecule has 1 heterocycles. The first-order valence-corrected chi connectivity index (χ1v) is 9.17. The summed E-state index contributed by atoms with van der Waals surface area (Å²) in [6, 6.07) is 0.274. The number of carbonyl (C=O) groups is 1. The molecule has 2 rings (SSSR count). The van der Waals surface area contributed by atoms with Gasteiger partial charge >= 0.3 is 0 Å². The Bertz CT molecular complexity index is 378. The first-order chi connectivity index (χ1) is 9.49. The summed E-state index contributed by atoms with van der Waals surface area (Å²) in [7, 11) is 0. The van der Waals surface area contributed by atoms with Crippen LogP contribution in [0.15, 0.2) is 0 Å². The van der Waals surface area contributed by atoms with Gasteiger partial charge in [-0.2, -0.15) is 11.8 Å². The van der Waals surface area contributed by atoms with Crippen LogP contribution in [0.25, 0.3) is 0 Å². The molecule has 20 heavy (non-hydrogen) atoms. The highest BCUT2D eigenvalue weighted by Gasteiger charge is 2.46. The van der Waals surface area contributed by atoms with E-state index in [1.54, 1.807) is 0 Å². The summed E-state index contributed by atoms with van der Waals surface area (Å²) in [4.78, 5) is 15.6. The van der Waals surface area contributed by atoms with E-state index in [1.165, 1.54) is 12.8 Å². The van der Waals surface area contributed by atoms with E-state index in [-0.39, 0.29) is 11.9 Å². The zero-order chi connectivity index (χ0) is 14.8. The minimum absolute atomic E-state index is 0.201. The molecule has 1 aliphatic carbocycles. The molecule has 1 amide bonds. The summed E-state index contributed by atoms with van der Waals surface area (Å²) in [5, 5.41) is 0.488.